The van der Waals surface area contributed by atoms with E-state index in [2.05, 4.69) is 11.1 Å². The van der Waals surface area contributed by atoms with Crippen LogP contribution in [0.15, 0.2) is 53.5 Å². The second kappa shape index (κ2) is 5.60. The fourth-order valence-corrected chi connectivity index (χ4v) is 4.27. The maximum absolute atomic E-state index is 10.7. The molecule has 0 heterocycles. The van der Waals surface area contributed by atoms with Crippen LogP contribution in [0, 0.1) is 11.8 Å². The number of rotatable bonds is 3. The van der Waals surface area contributed by atoms with Crippen LogP contribution in [-0.2, 0) is 0 Å². The van der Waals surface area contributed by atoms with E-state index in [1.165, 1.54) is 25.7 Å². The number of aliphatic imine (C=N–C) groups is 1. The Balaban J connectivity index is 1.62. The summed E-state index contributed by atoms with van der Waals surface area (Å²) in [6.45, 7) is 0. The predicted octanol–water partition coefficient (Wildman–Crippen LogP) is 5.05. The normalized spacial score (nSPS) is 26.8. The van der Waals surface area contributed by atoms with Crippen LogP contribution in [0.4, 0.5) is 5.69 Å². The third-order valence-corrected chi connectivity index (χ3v) is 5.34. The number of phenols is 1. The molecule has 0 spiro atoms. The van der Waals surface area contributed by atoms with Crippen molar-refractivity contribution in [2.45, 2.75) is 31.6 Å². The molecule has 2 aromatic rings. The molecule has 2 heteroatoms. The number of aromatic hydroxyl groups is 1. The first kappa shape index (κ1) is 13.6. The molecule has 0 saturated heterocycles. The van der Waals surface area contributed by atoms with E-state index in [1.54, 1.807) is 6.21 Å². The van der Waals surface area contributed by atoms with Crippen LogP contribution in [0.3, 0.4) is 0 Å². The summed E-state index contributed by atoms with van der Waals surface area (Å²) < 4.78 is 0. The summed E-state index contributed by atoms with van der Waals surface area (Å²) in [5.74, 6) is 2.64. The van der Waals surface area contributed by atoms with Gasteiger partial charge in [0.15, 0.2) is 0 Å². The van der Waals surface area contributed by atoms with Gasteiger partial charge in [0.05, 0.1) is 5.69 Å². The highest BCUT2D eigenvalue weighted by molar-refractivity contribution is 5.86. The van der Waals surface area contributed by atoms with Crippen molar-refractivity contribution in [3.05, 3.63) is 59.7 Å². The van der Waals surface area contributed by atoms with Gasteiger partial charge in [-0.2, -0.15) is 0 Å². The van der Waals surface area contributed by atoms with Gasteiger partial charge in [-0.1, -0.05) is 36.8 Å². The summed E-state index contributed by atoms with van der Waals surface area (Å²) >= 11 is 0. The van der Waals surface area contributed by atoms with Crippen LogP contribution in [0.25, 0.3) is 0 Å². The monoisotopic (exact) mass is 291 g/mol. The van der Waals surface area contributed by atoms with Gasteiger partial charge in [0, 0.05) is 11.8 Å². The predicted molar refractivity (Wildman–Crippen MR) is 90.0 cm³/mol. The smallest absolute Gasteiger partial charge is 0.127 e. The number of para-hydroxylation sites is 2. The lowest BCUT2D eigenvalue weighted by atomic mass is 9.82. The highest BCUT2D eigenvalue weighted by Gasteiger charge is 2.41. The second-order valence-corrected chi connectivity index (χ2v) is 6.66. The first-order chi connectivity index (χ1) is 10.8. The molecular formula is C20H21NO. The van der Waals surface area contributed by atoms with E-state index in [0.717, 1.165) is 28.7 Å². The lowest BCUT2D eigenvalue weighted by molar-refractivity contribution is 0.397. The zero-order valence-electron chi connectivity index (χ0n) is 12.7. The van der Waals surface area contributed by atoms with Gasteiger partial charge in [0.1, 0.15) is 5.75 Å². The first-order valence-corrected chi connectivity index (χ1v) is 8.22. The minimum Gasteiger partial charge on any atom is -0.507 e. The van der Waals surface area contributed by atoms with Crippen molar-refractivity contribution >= 4 is 11.9 Å². The number of hydrogen-bond acceptors (Lipinski definition) is 2. The van der Waals surface area contributed by atoms with Crippen molar-refractivity contribution < 1.29 is 5.11 Å². The fourth-order valence-electron chi connectivity index (χ4n) is 4.27. The van der Waals surface area contributed by atoms with Gasteiger partial charge >= 0.3 is 0 Å². The Labute approximate surface area is 131 Å². The molecule has 0 aliphatic heterocycles. The van der Waals surface area contributed by atoms with Crippen LogP contribution in [-0.4, -0.2) is 11.3 Å². The molecule has 2 aromatic carbocycles. The highest BCUT2D eigenvalue weighted by atomic mass is 16.3. The summed E-state index contributed by atoms with van der Waals surface area (Å²) in [7, 11) is 0. The Bertz CT molecular complexity index is 692. The molecular weight excluding hydrogens is 270 g/mol. The van der Waals surface area contributed by atoms with Gasteiger partial charge in [0.2, 0.25) is 0 Å². The van der Waals surface area contributed by atoms with E-state index in [9.17, 15) is 5.11 Å². The molecule has 2 saturated carbocycles. The molecule has 112 valence electrons. The van der Waals surface area contributed by atoms with E-state index in [1.807, 2.05) is 42.5 Å². The Hall–Kier alpha value is -2.09. The Morgan fingerprint density at radius 1 is 0.955 bits per heavy atom. The first-order valence-electron chi connectivity index (χ1n) is 8.22. The number of hydrogen-bond donors (Lipinski definition) is 1. The van der Waals surface area contributed by atoms with Gasteiger partial charge in [-0.05, 0) is 60.8 Å². The van der Waals surface area contributed by atoms with Crippen molar-refractivity contribution in [2.24, 2.45) is 16.8 Å². The van der Waals surface area contributed by atoms with E-state index in [-0.39, 0.29) is 0 Å². The van der Waals surface area contributed by atoms with Crippen LogP contribution in [0.1, 0.15) is 42.7 Å². The van der Waals surface area contributed by atoms with E-state index >= 15 is 0 Å². The number of benzene rings is 2. The zero-order valence-corrected chi connectivity index (χ0v) is 12.7. The quantitative estimate of drug-likeness (QED) is 0.789. The van der Waals surface area contributed by atoms with E-state index in [4.69, 9.17) is 0 Å². The molecule has 0 radical (unpaired) electrons. The van der Waals surface area contributed by atoms with Gasteiger partial charge in [-0.25, -0.2) is 0 Å². The van der Waals surface area contributed by atoms with Gasteiger partial charge in [-0.15, -0.1) is 0 Å². The van der Waals surface area contributed by atoms with Gasteiger partial charge in [-0.3, -0.25) is 4.99 Å². The molecule has 2 nitrogen and oxygen atoms in total. The maximum atomic E-state index is 10.7. The fraction of sp³-hybridized carbons (Fsp3) is 0.350. The molecule has 22 heavy (non-hydrogen) atoms. The maximum Gasteiger partial charge on any atom is 0.127 e. The number of nitrogens with zero attached hydrogens (tertiary/aromatic N) is 1. The highest BCUT2D eigenvalue weighted by Crippen LogP contribution is 2.54. The van der Waals surface area contributed by atoms with Crippen LogP contribution >= 0.6 is 0 Å². The SMILES string of the molecule is Oc1c(C=Nc2ccccc2)cccc1C1CC2CCC1C2. The number of phenolic OH excluding ortho intramolecular Hbond substituents is 1. The lowest BCUT2D eigenvalue weighted by Crippen LogP contribution is -2.09. The average Bonchev–Trinajstić information content (AvgIpc) is 3.18. The van der Waals surface area contributed by atoms with Crippen molar-refractivity contribution in [2.75, 3.05) is 0 Å². The molecule has 1 N–H and O–H groups in total. The largest absolute Gasteiger partial charge is 0.507 e. The minimum atomic E-state index is 0.430. The van der Waals surface area contributed by atoms with Crippen molar-refractivity contribution in [3.8, 4) is 5.75 Å². The Kier molecular flexibility index (Phi) is 3.45. The molecule has 0 amide bonds. The molecule has 2 aliphatic rings. The van der Waals surface area contributed by atoms with Gasteiger partial charge in [0.25, 0.3) is 0 Å². The van der Waals surface area contributed by atoms with Crippen molar-refractivity contribution in [1.29, 1.82) is 0 Å². The third kappa shape index (κ3) is 2.43. The lowest BCUT2D eigenvalue weighted by Gasteiger charge is -2.23. The molecule has 2 bridgehead atoms. The molecule has 3 unspecified atom stereocenters. The minimum absolute atomic E-state index is 0.430. The standard InChI is InChI=1S/C20H21NO/c22-20-16(13-21-17-6-2-1-3-7-17)5-4-8-18(20)19-12-14-9-10-15(19)11-14/h1-8,13-15,19,22H,9-12H2. The second-order valence-electron chi connectivity index (χ2n) is 6.66. The van der Waals surface area contributed by atoms with Crippen molar-refractivity contribution in [3.63, 3.8) is 0 Å². The topological polar surface area (TPSA) is 32.6 Å². The Morgan fingerprint density at radius 2 is 1.82 bits per heavy atom. The average molecular weight is 291 g/mol. The summed E-state index contributed by atoms with van der Waals surface area (Å²) in [6.07, 6.45) is 7.10. The molecule has 2 fully saturated rings. The number of fused-ring (bicyclic) bond motifs is 2. The van der Waals surface area contributed by atoms with Crippen LogP contribution in [0.5, 0.6) is 5.75 Å². The summed E-state index contributed by atoms with van der Waals surface area (Å²) in [4.78, 5) is 4.47. The summed E-state index contributed by atoms with van der Waals surface area (Å²) in [5, 5.41) is 10.7. The van der Waals surface area contributed by atoms with Crippen LogP contribution < -0.4 is 0 Å². The molecule has 0 aromatic heterocycles. The van der Waals surface area contributed by atoms with E-state index < -0.39 is 0 Å². The Morgan fingerprint density at radius 3 is 2.55 bits per heavy atom. The third-order valence-electron chi connectivity index (χ3n) is 5.34. The molecule has 3 atom stereocenters. The van der Waals surface area contributed by atoms with Crippen molar-refractivity contribution in [1.82, 2.24) is 0 Å². The molecule has 4 rings (SSSR count). The summed E-state index contributed by atoms with van der Waals surface area (Å²) in [5.41, 5.74) is 2.86. The molecule has 2 aliphatic carbocycles. The van der Waals surface area contributed by atoms with E-state index in [0.29, 0.717) is 11.7 Å². The van der Waals surface area contributed by atoms with Crippen LogP contribution in [0.2, 0.25) is 0 Å². The zero-order chi connectivity index (χ0) is 14.9. The van der Waals surface area contributed by atoms with Gasteiger partial charge < -0.3 is 5.11 Å². The summed E-state index contributed by atoms with van der Waals surface area (Å²) in [6, 6.07) is 15.9.